The molecule has 0 saturated heterocycles. The maximum absolute atomic E-state index is 8.63. The predicted molar refractivity (Wildman–Crippen MR) is 48.9 cm³/mol. The Balaban J connectivity index is 0.000001000. The molecule has 0 aromatic carbocycles. The lowest BCUT2D eigenvalue weighted by Gasteiger charge is -2.11. The van der Waals surface area contributed by atoms with E-state index in [9.17, 15) is 0 Å². The molecule has 1 rings (SSSR count). The molecule has 0 aromatic heterocycles. The number of rotatable bonds is 4. The highest BCUT2D eigenvalue weighted by Crippen LogP contribution is 2.48. The Morgan fingerprint density at radius 1 is 1.55 bits per heavy atom. The van der Waals surface area contributed by atoms with Crippen LogP contribution in [0.15, 0.2) is 0 Å². The number of hydrogen-bond donors (Lipinski definition) is 2. The highest BCUT2D eigenvalue weighted by atomic mass is 35.5. The summed E-state index contributed by atoms with van der Waals surface area (Å²) in [4.78, 5) is 0. The molecule has 11 heavy (non-hydrogen) atoms. The summed E-state index contributed by atoms with van der Waals surface area (Å²) in [7, 11) is 0. The molecule has 0 spiro atoms. The molecular weight excluding hydrogens is 162 g/mol. The molecule has 0 radical (unpaired) electrons. The molecule has 0 aliphatic heterocycles. The number of nitrogens with two attached hydrogens (primary N) is 1. The van der Waals surface area contributed by atoms with Crippen molar-refractivity contribution in [3.63, 3.8) is 0 Å². The van der Waals surface area contributed by atoms with Crippen LogP contribution in [0.25, 0.3) is 0 Å². The average Bonchev–Trinajstić information content (AvgIpc) is 2.64. The van der Waals surface area contributed by atoms with Crippen molar-refractivity contribution in [3.05, 3.63) is 0 Å². The van der Waals surface area contributed by atoms with E-state index < -0.39 is 0 Å². The van der Waals surface area contributed by atoms with Crippen LogP contribution >= 0.6 is 12.4 Å². The fourth-order valence-corrected chi connectivity index (χ4v) is 1.09. The molecular formula is C8H18ClNO. The summed E-state index contributed by atoms with van der Waals surface area (Å²) in [5, 5.41) is 8.63. The van der Waals surface area contributed by atoms with E-state index in [1.165, 1.54) is 19.3 Å². The Kier molecular flexibility index (Phi) is 4.37. The van der Waals surface area contributed by atoms with Crippen LogP contribution in [-0.2, 0) is 0 Å². The van der Waals surface area contributed by atoms with Gasteiger partial charge in [-0.15, -0.1) is 12.4 Å². The standard InChI is InChI=1S/C8H17NO.ClH/c1-8(4-5-8)3-2-7(9)6-10;/h7,10H,2-6,9H2,1H3;1H/t7-;/m0./s1. The van der Waals surface area contributed by atoms with Gasteiger partial charge in [0.05, 0.1) is 6.61 Å². The molecule has 1 aliphatic carbocycles. The lowest BCUT2D eigenvalue weighted by molar-refractivity contribution is 0.252. The van der Waals surface area contributed by atoms with Crippen molar-refractivity contribution in [2.24, 2.45) is 11.1 Å². The van der Waals surface area contributed by atoms with Gasteiger partial charge in [-0.1, -0.05) is 6.92 Å². The number of aliphatic hydroxyl groups is 1. The van der Waals surface area contributed by atoms with Crippen molar-refractivity contribution < 1.29 is 5.11 Å². The van der Waals surface area contributed by atoms with E-state index in [2.05, 4.69) is 6.92 Å². The second kappa shape index (κ2) is 4.29. The second-order valence-electron chi connectivity index (χ2n) is 3.79. The Morgan fingerprint density at radius 3 is 2.45 bits per heavy atom. The van der Waals surface area contributed by atoms with Gasteiger partial charge in [0.1, 0.15) is 0 Å². The normalized spacial score (nSPS) is 22.1. The van der Waals surface area contributed by atoms with Gasteiger partial charge in [0.25, 0.3) is 0 Å². The smallest absolute Gasteiger partial charge is 0.0582 e. The third kappa shape index (κ3) is 3.94. The van der Waals surface area contributed by atoms with Gasteiger partial charge in [-0.25, -0.2) is 0 Å². The fraction of sp³-hybridized carbons (Fsp3) is 1.00. The quantitative estimate of drug-likeness (QED) is 0.684. The van der Waals surface area contributed by atoms with Gasteiger partial charge >= 0.3 is 0 Å². The van der Waals surface area contributed by atoms with Gasteiger partial charge in [0.2, 0.25) is 0 Å². The van der Waals surface area contributed by atoms with Crippen molar-refractivity contribution in [3.8, 4) is 0 Å². The van der Waals surface area contributed by atoms with Crippen LogP contribution in [0.4, 0.5) is 0 Å². The molecule has 2 nitrogen and oxygen atoms in total. The average molecular weight is 180 g/mol. The van der Waals surface area contributed by atoms with E-state index in [1.807, 2.05) is 0 Å². The SMILES string of the molecule is CC1(CC[C@H](N)CO)CC1.Cl. The Hall–Kier alpha value is 0.210. The van der Waals surface area contributed by atoms with E-state index in [1.54, 1.807) is 0 Å². The lowest BCUT2D eigenvalue weighted by atomic mass is 10.00. The molecule has 68 valence electrons. The Bertz CT molecular complexity index is 115. The Labute approximate surface area is 74.6 Å². The summed E-state index contributed by atoms with van der Waals surface area (Å²) in [6.07, 6.45) is 4.87. The van der Waals surface area contributed by atoms with Crippen molar-refractivity contribution in [1.29, 1.82) is 0 Å². The van der Waals surface area contributed by atoms with Crippen molar-refractivity contribution >= 4 is 12.4 Å². The molecule has 1 fully saturated rings. The minimum absolute atomic E-state index is 0. The maximum Gasteiger partial charge on any atom is 0.0582 e. The van der Waals surface area contributed by atoms with Crippen molar-refractivity contribution in [1.82, 2.24) is 0 Å². The molecule has 3 heteroatoms. The summed E-state index contributed by atoms with van der Waals surface area (Å²) in [6.45, 7) is 2.42. The number of hydrogen-bond acceptors (Lipinski definition) is 2. The third-order valence-corrected chi connectivity index (χ3v) is 2.46. The van der Waals surface area contributed by atoms with Crippen molar-refractivity contribution in [2.75, 3.05) is 6.61 Å². The van der Waals surface area contributed by atoms with E-state index in [4.69, 9.17) is 10.8 Å². The van der Waals surface area contributed by atoms with Crippen molar-refractivity contribution in [2.45, 2.75) is 38.6 Å². The van der Waals surface area contributed by atoms with E-state index in [-0.39, 0.29) is 25.1 Å². The largest absolute Gasteiger partial charge is 0.395 e. The minimum Gasteiger partial charge on any atom is -0.395 e. The molecule has 0 amide bonds. The molecule has 0 aromatic rings. The van der Waals surface area contributed by atoms with Crippen LogP contribution in [-0.4, -0.2) is 17.8 Å². The maximum atomic E-state index is 8.63. The van der Waals surface area contributed by atoms with Crippen LogP contribution in [0.3, 0.4) is 0 Å². The molecule has 3 N–H and O–H groups in total. The molecule has 0 bridgehead atoms. The van der Waals surface area contributed by atoms with Gasteiger partial charge < -0.3 is 10.8 Å². The molecule has 1 aliphatic rings. The first kappa shape index (κ1) is 11.2. The van der Waals surface area contributed by atoms with Crippen LogP contribution in [0.2, 0.25) is 0 Å². The molecule has 0 unspecified atom stereocenters. The molecule has 1 saturated carbocycles. The van der Waals surface area contributed by atoms with Gasteiger partial charge in [-0.05, 0) is 31.1 Å². The Morgan fingerprint density at radius 2 is 2.09 bits per heavy atom. The molecule has 1 atom stereocenters. The zero-order chi connectivity index (χ0) is 7.61. The summed E-state index contributed by atoms with van der Waals surface area (Å²) >= 11 is 0. The zero-order valence-electron chi connectivity index (χ0n) is 7.05. The van der Waals surface area contributed by atoms with Crippen LogP contribution in [0.5, 0.6) is 0 Å². The van der Waals surface area contributed by atoms with Crippen LogP contribution < -0.4 is 5.73 Å². The minimum atomic E-state index is 0. The summed E-state index contributed by atoms with van der Waals surface area (Å²) < 4.78 is 0. The van der Waals surface area contributed by atoms with Crippen LogP contribution in [0.1, 0.15) is 32.6 Å². The van der Waals surface area contributed by atoms with E-state index in [0.717, 1.165) is 6.42 Å². The van der Waals surface area contributed by atoms with Crippen LogP contribution in [0, 0.1) is 5.41 Å². The summed E-state index contributed by atoms with van der Waals surface area (Å²) in [6, 6.07) is 0.0115. The first-order valence-corrected chi connectivity index (χ1v) is 4.03. The predicted octanol–water partition coefficient (Wildman–Crippen LogP) is 1.31. The van der Waals surface area contributed by atoms with Gasteiger partial charge in [0.15, 0.2) is 0 Å². The summed E-state index contributed by atoms with van der Waals surface area (Å²) in [5.74, 6) is 0. The highest BCUT2D eigenvalue weighted by Gasteiger charge is 2.36. The topological polar surface area (TPSA) is 46.2 Å². The zero-order valence-corrected chi connectivity index (χ0v) is 7.86. The van der Waals surface area contributed by atoms with E-state index in [0.29, 0.717) is 5.41 Å². The van der Waals surface area contributed by atoms with Gasteiger partial charge in [0, 0.05) is 6.04 Å². The van der Waals surface area contributed by atoms with Gasteiger partial charge in [-0.3, -0.25) is 0 Å². The number of halogens is 1. The van der Waals surface area contributed by atoms with E-state index >= 15 is 0 Å². The number of aliphatic hydroxyl groups excluding tert-OH is 1. The third-order valence-electron chi connectivity index (χ3n) is 2.46. The lowest BCUT2D eigenvalue weighted by Crippen LogP contribution is -2.24. The monoisotopic (exact) mass is 179 g/mol. The summed E-state index contributed by atoms with van der Waals surface area (Å²) in [5.41, 5.74) is 6.15. The first-order valence-electron chi connectivity index (χ1n) is 4.03. The second-order valence-corrected chi connectivity index (χ2v) is 3.79. The molecule has 0 heterocycles. The van der Waals surface area contributed by atoms with Gasteiger partial charge in [-0.2, -0.15) is 0 Å². The highest BCUT2D eigenvalue weighted by molar-refractivity contribution is 5.85. The fourth-order valence-electron chi connectivity index (χ4n) is 1.09. The first-order chi connectivity index (χ1) is 4.66.